The van der Waals surface area contributed by atoms with Gasteiger partial charge in [0.2, 0.25) is 0 Å². The molecule has 1 aliphatic carbocycles. The Hall–Kier alpha value is -2.27. The van der Waals surface area contributed by atoms with Crippen molar-refractivity contribution in [2.24, 2.45) is 5.92 Å². The van der Waals surface area contributed by atoms with Crippen LogP contribution in [0.1, 0.15) is 54.1 Å². The zero-order valence-electron chi connectivity index (χ0n) is 15.1. The largest absolute Gasteiger partial charge is 0.389 e. The molecule has 1 amide bonds. The molecule has 0 unspecified atom stereocenters. The van der Waals surface area contributed by atoms with E-state index in [4.69, 9.17) is 0 Å². The highest BCUT2D eigenvalue weighted by molar-refractivity contribution is 5.94. The van der Waals surface area contributed by atoms with Crippen molar-refractivity contribution in [2.75, 3.05) is 6.54 Å². The summed E-state index contributed by atoms with van der Waals surface area (Å²) in [5, 5.41) is 11.2. The van der Waals surface area contributed by atoms with Crippen LogP contribution in [0.3, 0.4) is 0 Å². The minimum absolute atomic E-state index is 0.108. The molecule has 2 fully saturated rings. The van der Waals surface area contributed by atoms with E-state index < -0.39 is 11.4 Å². The first-order valence-electron chi connectivity index (χ1n) is 9.52. The van der Waals surface area contributed by atoms with Crippen LogP contribution in [0.2, 0.25) is 0 Å². The van der Waals surface area contributed by atoms with Crippen LogP contribution >= 0.6 is 0 Å². The van der Waals surface area contributed by atoms with Gasteiger partial charge in [-0.1, -0.05) is 31.0 Å². The number of aliphatic hydroxyl groups is 1. The Labute approximate surface area is 157 Å². The van der Waals surface area contributed by atoms with Gasteiger partial charge in [0.15, 0.2) is 0 Å². The van der Waals surface area contributed by atoms with E-state index >= 15 is 0 Å². The molecule has 1 N–H and O–H groups in total. The molecule has 2 aromatic carbocycles. The number of hydrogen-bond acceptors (Lipinski definition) is 2. The SMILES string of the molecule is O=C(c1cccc(F)c1)N1CC[C@]2(O)CCCC[C@@H]2[C@H]1c1ccc(F)cc1. The summed E-state index contributed by atoms with van der Waals surface area (Å²) in [5.74, 6) is -1.15. The molecule has 0 spiro atoms. The zero-order valence-corrected chi connectivity index (χ0v) is 15.1. The summed E-state index contributed by atoms with van der Waals surface area (Å²) in [4.78, 5) is 14.9. The Bertz CT molecular complexity index is 838. The highest BCUT2D eigenvalue weighted by atomic mass is 19.1. The van der Waals surface area contributed by atoms with Crippen LogP contribution in [0, 0.1) is 17.6 Å². The Morgan fingerprint density at radius 1 is 1.04 bits per heavy atom. The predicted molar refractivity (Wildman–Crippen MR) is 98.1 cm³/mol. The van der Waals surface area contributed by atoms with Gasteiger partial charge in [0, 0.05) is 18.0 Å². The average Bonchev–Trinajstić information content (AvgIpc) is 2.67. The summed E-state index contributed by atoms with van der Waals surface area (Å²) in [5.41, 5.74) is 0.297. The van der Waals surface area contributed by atoms with E-state index in [-0.39, 0.29) is 23.7 Å². The molecule has 5 heteroatoms. The number of carbonyl (C=O) groups is 1. The molecule has 0 bridgehead atoms. The van der Waals surface area contributed by atoms with Crippen molar-refractivity contribution in [3.05, 3.63) is 71.3 Å². The second-order valence-electron chi connectivity index (χ2n) is 7.71. The monoisotopic (exact) mass is 371 g/mol. The average molecular weight is 371 g/mol. The van der Waals surface area contributed by atoms with Gasteiger partial charge < -0.3 is 10.0 Å². The lowest BCUT2D eigenvalue weighted by molar-refractivity contribution is -0.115. The van der Waals surface area contributed by atoms with Crippen LogP contribution < -0.4 is 0 Å². The minimum atomic E-state index is -0.810. The van der Waals surface area contributed by atoms with E-state index in [9.17, 15) is 18.7 Å². The third-order valence-electron chi connectivity index (χ3n) is 6.11. The first kappa shape index (κ1) is 18.1. The van der Waals surface area contributed by atoms with E-state index in [0.29, 0.717) is 18.5 Å². The van der Waals surface area contributed by atoms with Crippen molar-refractivity contribution in [1.29, 1.82) is 0 Å². The normalized spacial score (nSPS) is 27.9. The number of nitrogens with zero attached hydrogens (tertiary/aromatic N) is 1. The van der Waals surface area contributed by atoms with E-state index in [1.807, 2.05) is 0 Å². The lowest BCUT2D eigenvalue weighted by Gasteiger charge is -2.52. The van der Waals surface area contributed by atoms with Crippen LogP contribution in [-0.4, -0.2) is 28.1 Å². The first-order chi connectivity index (χ1) is 13.0. The molecular formula is C22H23F2NO2. The molecule has 27 heavy (non-hydrogen) atoms. The number of piperidine rings is 1. The number of rotatable bonds is 2. The van der Waals surface area contributed by atoms with Gasteiger partial charge >= 0.3 is 0 Å². The quantitative estimate of drug-likeness (QED) is 0.846. The van der Waals surface area contributed by atoms with Gasteiger partial charge in [0.1, 0.15) is 11.6 Å². The lowest BCUT2D eigenvalue weighted by Crippen LogP contribution is -2.56. The zero-order chi connectivity index (χ0) is 19.0. The fourth-order valence-electron chi connectivity index (χ4n) is 4.77. The number of amides is 1. The summed E-state index contributed by atoms with van der Waals surface area (Å²) in [6.07, 6.45) is 4.01. The van der Waals surface area contributed by atoms with Gasteiger partial charge in [-0.05, 0) is 55.2 Å². The van der Waals surface area contributed by atoms with E-state index in [0.717, 1.165) is 31.2 Å². The Kier molecular flexibility index (Phi) is 4.72. The third kappa shape index (κ3) is 3.36. The number of benzene rings is 2. The van der Waals surface area contributed by atoms with Gasteiger partial charge in [0.25, 0.3) is 5.91 Å². The van der Waals surface area contributed by atoms with Crippen molar-refractivity contribution in [3.8, 4) is 0 Å². The number of halogens is 2. The van der Waals surface area contributed by atoms with Gasteiger partial charge in [-0.2, -0.15) is 0 Å². The van der Waals surface area contributed by atoms with Gasteiger partial charge in [0.05, 0.1) is 11.6 Å². The summed E-state index contributed by atoms with van der Waals surface area (Å²) < 4.78 is 27.1. The van der Waals surface area contributed by atoms with Crippen LogP contribution in [0.4, 0.5) is 8.78 Å². The van der Waals surface area contributed by atoms with Crippen LogP contribution in [0.5, 0.6) is 0 Å². The Morgan fingerprint density at radius 2 is 1.81 bits per heavy atom. The molecule has 2 aliphatic rings. The van der Waals surface area contributed by atoms with Crippen molar-refractivity contribution >= 4 is 5.91 Å². The maximum absolute atomic E-state index is 13.6. The smallest absolute Gasteiger partial charge is 0.254 e. The highest BCUT2D eigenvalue weighted by Gasteiger charge is 2.50. The van der Waals surface area contributed by atoms with Crippen molar-refractivity contribution in [1.82, 2.24) is 4.90 Å². The van der Waals surface area contributed by atoms with Gasteiger partial charge in [-0.25, -0.2) is 8.78 Å². The molecule has 142 valence electrons. The fourth-order valence-corrected chi connectivity index (χ4v) is 4.77. The molecule has 3 atom stereocenters. The highest BCUT2D eigenvalue weighted by Crippen LogP contribution is 2.49. The molecule has 2 aromatic rings. The van der Waals surface area contributed by atoms with Gasteiger partial charge in [-0.15, -0.1) is 0 Å². The van der Waals surface area contributed by atoms with Crippen molar-refractivity contribution in [3.63, 3.8) is 0 Å². The summed E-state index contributed by atoms with van der Waals surface area (Å²) in [6.45, 7) is 0.393. The maximum atomic E-state index is 13.6. The number of fused-ring (bicyclic) bond motifs is 1. The van der Waals surface area contributed by atoms with Crippen molar-refractivity contribution < 1.29 is 18.7 Å². The molecule has 3 nitrogen and oxygen atoms in total. The molecule has 0 radical (unpaired) electrons. The standard InChI is InChI=1S/C22H23F2NO2/c23-17-9-7-15(8-10-17)20-19-6-1-2-11-22(19,27)12-13-25(20)21(26)16-4-3-5-18(24)14-16/h3-5,7-10,14,19-20,27H,1-2,6,11-13H2/t19-,20-,22-/m1/s1. The van der Waals surface area contributed by atoms with Gasteiger partial charge in [-0.3, -0.25) is 4.79 Å². The molecule has 1 saturated carbocycles. The van der Waals surface area contributed by atoms with E-state index in [1.54, 1.807) is 23.1 Å². The molecule has 1 heterocycles. The minimum Gasteiger partial charge on any atom is -0.389 e. The second kappa shape index (κ2) is 7.04. The first-order valence-corrected chi connectivity index (χ1v) is 9.52. The fraction of sp³-hybridized carbons (Fsp3) is 0.409. The number of carbonyl (C=O) groups excluding carboxylic acids is 1. The predicted octanol–water partition coefficient (Wildman–Crippen LogP) is 4.47. The molecule has 1 saturated heterocycles. The summed E-state index contributed by atoms with van der Waals surface area (Å²) in [6, 6.07) is 11.5. The molecule has 0 aromatic heterocycles. The number of likely N-dealkylation sites (tertiary alicyclic amines) is 1. The van der Waals surface area contributed by atoms with Crippen LogP contribution in [-0.2, 0) is 0 Å². The van der Waals surface area contributed by atoms with E-state index in [1.165, 1.54) is 30.3 Å². The third-order valence-corrected chi connectivity index (χ3v) is 6.11. The van der Waals surface area contributed by atoms with Crippen molar-refractivity contribution in [2.45, 2.75) is 43.7 Å². The molecule has 4 rings (SSSR count). The lowest BCUT2D eigenvalue weighted by atomic mass is 9.66. The second-order valence-corrected chi connectivity index (χ2v) is 7.71. The molecule has 1 aliphatic heterocycles. The molecular weight excluding hydrogens is 348 g/mol. The van der Waals surface area contributed by atoms with Crippen LogP contribution in [0.25, 0.3) is 0 Å². The number of hydrogen-bond donors (Lipinski definition) is 1. The van der Waals surface area contributed by atoms with E-state index in [2.05, 4.69) is 0 Å². The Balaban J connectivity index is 1.75. The Morgan fingerprint density at radius 3 is 2.56 bits per heavy atom. The summed E-state index contributed by atoms with van der Waals surface area (Å²) >= 11 is 0. The topological polar surface area (TPSA) is 40.5 Å². The summed E-state index contributed by atoms with van der Waals surface area (Å²) in [7, 11) is 0. The maximum Gasteiger partial charge on any atom is 0.254 e. The van der Waals surface area contributed by atoms with Crippen LogP contribution in [0.15, 0.2) is 48.5 Å².